The van der Waals surface area contributed by atoms with Gasteiger partial charge in [0.05, 0.1) is 11.1 Å². The molecule has 0 aliphatic heterocycles. The van der Waals surface area contributed by atoms with E-state index in [1.165, 1.54) is 154 Å². The number of ketones is 2. The molecule has 334 valence electrons. The van der Waals surface area contributed by atoms with E-state index in [1.54, 1.807) is 0 Å². The Morgan fingerprint density at radius 2 is 0.567 bits per heavy atom. The minimum absolute atomic E-state index is 0.0715. The van der Waals surface area contributed by atoms with Gasteiger partial charge in [0.2, 0.25) is 0 Å². The van der Waals surface area contributed by atoms with Crippen LogP contribution in [-0.4, -0.2) is 28.2 Å². The van der Waals surface area contributed by atoms with E-state index >= 15 is 9.59 Å². The summed E-state index contributed by atoms with van der Waals surface area (Å²) in [7, 11) is -4.89. The maximum atomic E-state index is 15.3. The van der Waals surface area contributed by atoms with Gasteiger partial charge in [-0.1, -0.05) is 244 Å². The average Bonchev–Trinajstić information content (AvgIpc) is 3.27. The van der Waals surface area contributed by atoms with Gasteiger partial charge in [-0.25, -0.2) is 0 Å². The topological polar surface area (TPSA) is 52.6 Å². The minimum atomic E-state index is -2.44. The lowest BCUT2D eigenvalue weighted by Gasteiger charge is -2.40. The van der Waals surface area contributed by atoms with E-state index in [9.17, 15) is 0 Å². The second kappa shape index (κ2) is 27.4. The molecule has 2 aromatic rings. The summed E-state index contributed by atoms with van der Waals surface area (Å²) in [6.07, 6.45) is 29.0. The van der Waals surface area contributed by atoms with E-state index < -0.39 is 16.6 Å². The first-order valence-corrected chi connectivity index (χ1v) is 30.6. The van der Waals surface area contributed by atoms with Crippen LogP contribution in [0.5, 0.6) is 0 Å². The van der Waals surface area contributed by atoms with Gasteiger partial charge < -0.3 is 8.85 Å². The van der Waals surface area contributed by atoms with Gasteiger partial charge >= 0.3 is 0 Å². The molecule has 2 aliphatic carbocycles. The predicted molar refractivity (Wildman–Crippen MR) is 263 cm³/mol. The number of hydrogen-bond donors (Lipinski definition) is 0. The Labute approximate surface area is 370 Å². The molecule has 0 unspecified atom stereocenters. The van der Waals surface area contributed by atoms with Gasteiger partial charge in [-0.15, -0.1) is 0 Å². The number of benzene rings is 2. The maximum Gasteiger partial charge on any atom is 0.251 e. The zero-order valence-electron chi connectivity index (χ0n) is 39.5. The van der Waals surface area contributed by atoms with Gasteiger partial charge in [-0.2, -0.15) is 0 Å². The smallest absolute Gasteiger partial charge is 0.251 e. The highest BCUT2D eigenvalue weighted by Gasteiger charge is 2.47. The molecule has 0 heterocycles. The lowest BCUT2D eigenvalue weighted by molar-refractivity contribution is 0.0988. The van der Waals surface area contributed by atoms with Crippen molar-refractivity contribution in [2.75, 3.05) is 0 Å². The van der Waals surface area contributed by atoms with Crippen molar-refractivity contribution in [2.45, 2.75) is 232 Å². The van der Waals surface area contributed by atoms with Crippen molar-refractivity contribution < 1.29 is 18.4 Å². The van der Waals surface area contributed by atoms with Gasteiger partial charge in [-0.05, 0) is 36.3 Å². The predicted octanol–water partition coefficient (Wildman–Crippen LogP) is 17.6. The summed E-state index contributed by atoms with van der Waals surface area (Å²) in [5, 5.41) is 0. The number of allylic oxidation sites excluding steroid dienone is 2. The molecule has 0 saturated carbocycles. The Kier molecular flexibility index (Phi) is 22.8. The molecule has 0 bridgehead atoms. The van der Waals surface area contributed by atoms with Crippen LogP contribution in [0.4, 0.5) is 0 Å². The minimum Gasteiger partial charge on any atom is -0.543 e. The van der Waals surface area contributed by atoms with E-state index in [0.29, 0.717) is 33.8 Å². The summed E-state index contributed by atoms with van der Waals surface area (Å²) in [4.78, 5) is 30.6. The largest absolute Gasteiger partial charge is 0.543 e. The fraction of sp³-hybridized carbons (Fsp3) is 0.667. The Hall–Kier alpha value is -2.71. The van der Waals surface area contributed by atoms with Crippen molar-refractivity contribution in [1.29, 1.82) is 0 Å². The van der Waals surface area contributed by atoms with Crippen LogP contribution >= 0.6 is 0 Å². The number of carbonyl (C=O) groups is 2. The molecule has 6 heteroatoms. The Bertz CT molecular complexity index is 1470. The number of rotatable bonds is 34. The van der Waals surface area contributed by atoms with Gasteiger partial charge in [0.1, 0.15) is 11.5 Å². The second-order valence-electron chi connectivity index (χ2n) is 18.6. The molecule has 4 nitrogen and oxygen atoms in total. The van der Waals surface area contributed by atoms with E-state index in [1.807, 2.05) is 36.4 Å². The van der Waals surface area contributed by atoms with Crippen LogP contribution < -0.4 is 0 Å². The molecule has 0 aromatic heterocycles. The summed E-state index contributed by atoms with van der Waals surface area (Å²) in [5.74, 6) is 1.24. The Balaban J connectivity index is 1.99. The lowest BCUT2D eigenvalue weighted by Crippen LogP contribution is -2.41. The van der Waals surface area contributed by atoms with E-state index in [0.717, 1.165) is 47.4 Å². The fourth-order valence-corrected chi connectivity index (χ4v) is 18.7. The van der Waals surface area contributed by atoms with Crippen LogP contribution in [-0.2, 0) is 8.85 Å². The molecule has 0 atom stereocenters. The fourth-order valence-electron chi connectivity index (χ4n) is 9.90. The first kappa shape index (κ1) is 49.9. The van der Waals surface area contributed by atoms with E-state index in [4.69, 9.17) is 8.85 Å². The molecule has 4 rings (SSSR count). The molecule has 0 spiro atoms. The van der Waals surface area contributed by atoms with Crippen LogP contribution in [0.3, 0.4) is 0 Å². The molecule has 0 fully saturated rings. The van der Waals surface area contributed by atoms with Crippen LogP contribution in [0.1, 0.15) is 227 Å². The molecular weight excluding hydrogens is 769 g/mol. The van der Waals surface area contributed by atoms with Crippen LogP contribution in [0, 0.1) is 0 Å². The molecular formula is C54H86O4Si2. The molecule has 60 heavy (non-hydrogen) atoms. The maximum absolute atomic E-state index is 15.3. The van der Waals surface area contributed by atoms with Gasteiger partial charge in [0.25, 0.3) is 16.6 Å². The summed E-state index contributed by atoms with van der Waals surface area (Å²) in [6, 6.07) is 22.7. The van der Waals surface area contributed by atoms with Gasteiger partial charge in [0, 0.05) is 22.3 Å². The highest BCUT2D eigenvalue weighted by Crippen LogP contribution is 2.49. The number of Topliss-reactive ketones (excluding diaryl/α,β-unsaturated/α-hetero) is 2. The SMILES string of the molecule is CCCCCC[Si](CCCCCC)(CCCCCC)OC1=C2C(=O)c3ccccc3C(O[Si](CCCCCC)(CCCCCC)CCCCCC)=C2C(=O)c2ccccc21. The van der Waals surface area contributed by atoms with Crippen LogP contribution in [0.15, 0.2) is 59.7 Å². The zero-order chi connectivity index (χ0) is 43.1. The van der Waals surface area contributed by atoms with Crippen molar-refractivity contribution in [3.63, 3.8) is 0 Å². The highest BCUT2D eigenvalue weighted by molar-refractivity contribution is 6.75. The van der Waals surface area contributed by atoms with E-state index in [2.05, 4.69) is 53.7 Å². The molecule has 0 N–H and O–H groups in total. The summed E-state index contributed by atoms with van der Waals surface area (Å²) >= 11 is 0. The third kappa shape index (κ3) is 14.2. The normalized spacial score (nSPS) is 14.1. The average molecular weight is 855 g/mol. The first-order valence-electron chi connectivity index (χ1n) is 25.5. The lowest BCUT2D eigenvalue weighted by atomic mass is 9.76. The quantitative estimate of drug-likeness (QED) is 0.0520. The number of carbonyl (C=O) groups excluding carboxylic acids is 2. The second-order valence-corrected chi connectivity index (χ2v) is 26.7. The van der Waals surface area contributed by atoms with Crippen molar-refractivity contribution in [3.05, 3.63) is 81.9 Å². The highest BCUT2D eigenvalue weighted by atomic mass is 28.4. The Morgan fingerprint density at radius 3 is 0.800 bits per heavy atom. The van der Waals surface area contributed by atoms with Crippen LogP contribution in [0.25, 0.3) is 11.5 Å². The van der Waals surface area contributed by atoms with Gasteiger partial charge in [-0.3, -0.25) is 9.59 Å². The third-order valence-electron chi connectivity index (χ3n) is 13.5. The van der Waals surface area contributed by atoms with Crippen molar-refractivity contribution in [2.24, 2.45) is 0 Å². The molecule has 2 aliphatic rings. The molecule has 0 radical (unpaired) electrons. The summed E-state index contributed by atoms with van der Waals surface area (Å²) < 4.78 is 15.7. The van der Waals surface area contributed by atoms with Crippen molar-refractivity contribution in [3.8, 4) is 0 Å². The first-order chi connectivity index (χ1) is 29.3. The zero-order valence-corrected chi connectivity index (χ0v) is 41.5. The third-order valence-corrected chi connectivity index (χ3v) is 22.4. The standard InChI is InChI=1S/C54H86O4Si2/c1-7-13-19-29-39-59(40-30-20-14-8-2,41-31-21-15-9-3)57-53-47-37-27-25-35-45(47)52(56)50-49(53)51(55)46-36-26-28-38-48(46)54(50)58-60(42-32-22-16-10-4,43-33-23-17-11-5)44-34-24-18-12-6/h25-28,35-38H,7-24,29-34,39-44H2,1-6H3. The molecule has 0 amide bonds. The molecule has 2 aromatic carbocycles. The van der Waals surface area contributed by atoms with Crippen molar-refractivity contribution in [1.82, 2.24) is 0 Å². The van der Waals surface area contributed by atoms with Gasteiger partial charge in [0.15, 0.2) is 11.6 Å². The summed E-state index contributed by atoms with van der Waals surface area (Å²) in [6.45, 7) is 13.7. The number of unbranched alkanes of at least 4 members (excludes halogenated alkanes) is 18. The number of hydrogen-bond acceptors (Lipinski definition) is 4. The van der Waals surface area contributed by atoms with Crippen LogP contribution in [0.2, 0.25) is 36.3 Å². The number of fused-ring (bicyclic) bond motifs is 3. The van der Waals surface area contributed by atoms with E-state index in [-0.39, 0.29) is 11.6 Å². The monoisotopic (exact) mass is 855 g/mol. The summed E-state index contributed by atoms with van der Waals surface area (Å²) in [5.41, 5.74) is 3.92. The Morgan fingerprint density at radius 1 is 0.333 bits per heavy atom. The molecule has 0 saturated heterocycles. The van der Waals surface area contributed by atoms with Crippen molar-refractivity contribution >= 4 is 39.7 Å².